The van der Waals surface area contributed by atoms with Gasteiger partial charge >= 0.3 is 0 Å². The molecule has 4 N–H and O–H groups in total. The molecule has 0 aliphatic heterocycles. The molecule has 0 saturated heterocycles. The van der Waals surface area contributed by atoms with E-state index in [1.54, 1.807) is 36.4 Å². The van der Waals surface area contributed by atoms with Gasteiger partial charge in [-0.25, -0.2) is 0 Å². The summed E-state index contributed by atoms with van der Waals surface area (Å²) in [6.45, 7) is 0.254. The molecule has 2 rings (SSSR count). The number of rotatable bonds is 5. The van der Waals surface area contributed by atoms with Crippen molar-refractivity contribution in [2.45, 2.75) is 6.61 Å². The average molecular weight is 372 g/mol. The van der Waals surface area contributed by atoms with Crippen molar-refractivity contribution in [2.24, 2.45) is 21.7 Å². The van der Waals surface area contributed by atoms with Crippen molar-refractivity contribution in [3.8, 4) is 5.75 Å². The SMILES string of the molecule is NC(N)=NN=Cc1cccc(OCc2ccc(Cl)cc2Cl)c1Cl. The molecule has 0 unspecified atom stereocenters. The molecule has 8 heteroatoms. The fourth-order valence-electron chi connectivity index (χ4n) is 1.69. The summed E-state index contributed by atoms with van der Waals surface area (Å²) in [7, 11) is 0. The summed E-state index contributed by atoms with van der Waals surface area (Å²) in [5, 5.41) is 8.73. The minimum Gasteiger partial charge on any atom is -0.487 e. The zero-order chi connectivity index (χ0) is 16.8. The Morgan fingerprint density at radius 1 is 1.13 bits per heavy atom. The molecule has 0 bridgehead atoms. The smallest absolute Gasteiger partial charge is 0.211 e. The van der Waals surface area contributed by atoms with Gasteiger partial charge in [0.2, 0.25) is 5.96 Å². The Kier molecular flexibility index (Phi) is 6.10. The van der Waals surface area contributed by atoms with E-state index in [1.165, 1.54) is 6.21 Å². The lowest BCUT2D eigenvalue weighted by molar-refractivity contribution is 0.306. The van der Waals surface area contributed by atoms with Crippen molar-refractivity contribution >= 4 is 47.0 Å². The van der Waals surface area contributed by atoms with E-state index in [1.807, 2.05) is 0 Å². The summed E-state index contributed by atoms with van der Waals surface area (Å²) in [5.41, 5.74) is 11.8. The maximum atomic E-state index is 6.27. The normalized spacial score (nSPS) is 10.7. The number of nitrogens with zero attached hydrogens (tertiary/aromatic N) is 2. The van der Waals surface area contributed by atoms with Crippen molar-refractivity contribution in [3.05, 3.63) is 62.6 Å². The number of guanidine groups is 1. The van der Waals surface area contributed by atoms with E-state index >= 15 is 0 Å². The molecular formula is C15H13Cl3N4O. The van der Waals surface area contributed by atoms with Gasteiger partial charge in [0.1, 0.15) is 12.4 Å². The summed E-state index contributed by atoms with van der Waals surface area (Å²) in [4.78, 5) is 0. The van der Waals surface area contributed by atoms with E-state index in [4.69, 9.17) is 51.0 Å². The second-order valence-corrected chi connectivity index (χ2v) is 5.67. The van der Waals surface area contributed by atoms with Crippen molar-refractivity contribution in [1.82, 2.24) is 0 Å². The quantitative estimate of drug-likeness (QED) is 0.476. The van der Waals surface area contributed by atoms with E-state index < -0.39 is 0 Å². The lowest BCUT2D eigenvalue weighted by Gasteiger charge is -2.10. The zero-order valence-electron chi connectivity index (χ0n) is 11.8. The number of nitrogens with two attached hydrogens (primary N) is 2. The molecule has 2 aromatic rings. The molecule has 2 aromatic carbocycles. The van der Waals surface area contributed by atoms with Crippen LogP contribution in [0.15, 0.2) is 46.6 Å². The standard InChI is InChI=1S/C15H13Cl3N4O/c16-11-5-4-10(12(17)6-11)8-23-13-3-1-2-9(14(13)18)7-21-22-15(19)20/h1-7H,8H2,(H4,19,20,22). The molecule has 0 spiro atoms. The minimum atomic E-state index is -0.137. The van der Waals surface area contributed by atoms with Crippen LogP contribution in [0.5, 0.6) is 5.75 Å². The molecule has 0 amide bonds. The molecule has 0 aliphatic rings. The molecule has 23 heavy (non-hydrogen) atoms. The van der Waals surface area contributed by atoms with Gasteiger partial charge in [-0.15, -0.1) is 5.10 Å². The summed E-state index contributed by atoms with van der Waals surface area (Å²) < 4.78 is 5.71. The Bertz CT molecular complexity index is 758. The average Bonchev–Trinajstić information content (AvgIpc) is 2.49. The van der Waals surface area contributed by atoms with Crippen molar-refractivity contribution < 1.29 is 4.74 Å². The number of hydrogen-bond acceptors (Lipinski definition) is 3. The van der Waals surface area contributed by atoms with Crippen LogP contribution in [0.4, 0.5) is 0 Å². The Hall–Kier alpha value is -1.95. The van der Waals surface area contributed by atoms with Crippen LogP contribution in [0.3, 0.4) is 0 Å². The number of ether oxygens (including phenoxy) is 1. The summed E-state index contributed by atoms with van der Waals surface area (Å²) >= 11 is 18.2. The fourth-order valence-corrected chi connectivity index (χ4v) is 2.38. The predicted molar refractivity (Wildman–Crippen MR) is 95.6 cm³/mol. The van der Waals surface area contributed by atoms with Gasteiger partial charge in [0, 0.05) is 21.2 Å². The van der Waals surface area contributed by atoms with Crippen LogP contribution < -0.4 is 16.2 Å². The number of hydrogen-bond donors (Lipinski definition) is 2. The highest BCUT2D eigenvalue weighted by Crippen LogP contribution is 2.29. The van der Waals surface area contributed by atoms with Crippen LogP contribution in [0.25, 0.3) is 0 Å². The predicted octanol–water partition coefficient (Wildman–Crippen LogP) is 3.83. The molecule has 0 fully saturated rings. The summed E-state index contributed by atoms with van der Waals surface area (Å²) in [5.74, 6) is 0.355. The fraction of sp³-hybridized carbons (Fsp3) is 0.0667. The van der Waals surface area contributed by atoms with Crippen LogP contribution in [0, 0.1) is 0 Å². The highest BCUT2D eigenvalue weighted by Gasteiger charge is 2.08. The van der Waals surface area contributed by atoms with Gasteiger partial charge < -0.3 is 16.2 Å². The van der Waals surface area contributed by atoms with Gasteiger partial charge in [-0.3, -0.25) is 0 Å². The first kappa shape index (κ1) is 17.4. The topological polar surface area (TPSA) is 86.0 Å². The Labute approximate surface area is 148 Å². The maximum Gasteiger partial charge on any atom is 0.211 e. The van der Waals surface area contributed by atoms with Crippen molar-refractivity contribution in [3.63, 3.8) is 0 Å². The number of benzene rings is 2. The van der Waals surface area contributed by atoms with E-state index in [-0.39, 0.29) is 12.6 Å². The highest BCUT2D eigenvalue weighted by molar-refractivity contribution is 6.35. The third kappa shape index (κ3) is 5.03. The first-order chi connectivity index (χ1) is 11.0. The van der Waals surface area contributed by atoms with Crippen LogP contribution in [0.1, 0.15) is 11.1 Å². The van der Waals surface area contributed by atoms with Gasteiger partial charge in [-0.2, -0.15) is 5.10 Å². The molecule has 0 atom stereocenters. The van der Waals surface area contributed by atoms with Gasteiger partial charge in [0.15, 0.2) is 0 Å². The lowest BCUT2D eigenvalue weighted by Crippen LogP contribution is -2.21. The number of halogens is 3. The molecular weight excluding hydrogens is 359 g/mol. The zero-order valence-corrected chi connectivity index (χ0v) is 14.1. The molecule has 0 heterocycles. The first-order valence-corrected chi connectivity index (χ1v) is 7.58. The highest BCUT2D eigenvalue weighted by atomic mass is 35.5. The lowest BCUT2D eigenvalue weighted by atomic mass is 10.2. The van der Waals surface area contributed by atoms with Gasteiger partial charge in [0.05, 0.1) is 11.2 Å². The van der Waals surface area contributed by atoms with Gasteiger partial charge in [-0.05, 0) is 18.2 Å². The van der Waals surface area contributed by atoms with Crippen molar-refractivity contribution in [1.29, 1.82) is 0 Å². The largest absolute Gasteiger partial charge is 0.487 e. The molecule has 5 nitrogen and oxygen atoms in total. The van der Waals surface area contributed by atoms with Crippen LogP contribution in [-0.4, -0.2) is 12.2 Å². The minimum absolute atomic E-state index is 0.137. The molecule has 0 aromatic heterocycles. The van der Waals surface area contributed by atoms with Crippen LogP contribution in [-0.2, 0) is 6.61 Å². The summed E-state index contributed by atoms with van der Waals surface area (Å²) in [6, 6.07) is 10.5. The Morgan fingerprint density at radius 2 is 1.91 bits per heavy atom. The van der Waals surface area contributed by atoms with E-state index in [0.717, 1.165) is 5.56 Å². The van der Waals surface area contributed by atoms with Crippen LogP contribution in [0.2, 0.25) is 15.1 Å². The molecule has 0 saturated carbocycles. The second kappa shape index (κ2) is 8.06. The maximum absolute atomic E-state index is 6.27. The monoisotopic (exact) mass is 370 g/mol. The first-order valence-electron chi connectivity index (χ1n) is 6.44. The third-order valence-electron chi connectivity index (χ3n) is 2.76. The van der Waals surface area contributed by atoms with Gasteiger partial charge in [-0.1, -0.05) is 53.0 Å². The molecule has 0 radical (unpaired) electrons. The van der Waals surface area contributed by atoms with E-state index in [0.29, 0.717) is 26.4 Å². The van der Waals surface area contributed by atoms with Crippen molar-refractivity contribution in [2.75, 3.05) is 0 Å². The van der Waals surface area contributed by atoms with Crippen LogP contribution >= 0.6 is 34.8 Å². The van der Waals surface area contributed by atoms with E-state index in [9.17, 15) is 0 Å². The van der Waals surface area contributed by atoms with Gasteiger partial charge in [0.25, 0.3) is 0 Å². The Balaban J connectivity index is 2.14. The molecule has 0 aliphatic carbocycles. The summed E-state index contributed by atoms with van der Waals surface area (Å²) in [6.07, 6.45) is 1.43. The third-order valence-corrected chi connectivity index (χ3v) is 3.75. The second-order valence-electron chi connectivity index (χ2n) is 4.45. The van der Waals surface area contributed by atoms with E-state index in [2.05, 4.69) is 10.2 Å². The molecule has 120 valence electrons. The Morgan fingerprint density at radius 3 is 2.61 bits per heavy atom.